The third kappa shape index (κ3) is 2.99. The van der Waals surface area contributed by atoms with Gasteiger partial charge in [0.1, 0.15) is 6.33 Å². The van der Waals surface area contributed by atoms with Gasteiger partial charge in [-0.15, -0.1) is 0 Å². The minimum absolute atomic E-state index is 0.348. The number of fused-ring (bicyclic) bond motifs is 1. The minimum atomic E-state index is 0.348. The Hall–Kier alpha value is -2.12. The molecule has 140 valence electrons. The fourth-order valence-electron chi connectivity index (χ4n) is 4.63. The highest BCUT2D eigenvalue weighted by molar-refractivity contribution is 7.99. The van der Waals surface area contributed by atoms with Gasteiger partial charge in [-0.1, -0.05) is 36.4 Å². The predicted octanol–water partition coefficient (Wildman–Crippen LogP) is 3.37. The molecule has 2 fully saturated rings. The van der Waals surface area contributed by atoms with Crippen molar-refractivity contribution in [2.45, 2.75) is 47.9 Å². The van der Waals surface area contributed by atoms with Crippen molar-refractivity contribution in [1.29, 1.82) is 0 Å². The lowest BCUT2D eigenvalue weighted by Gasteiger charge is -2.42. The van der Waals surface area contributed by atoms with Gasteiger partial charge in [-0.25, -0.2) is 9.97 Å². The van der Waals surface area contributed by atoms with Crippen LogP contribution in [-0.2, 0) is 0 Å². The molecular weight excluding hydrogens is 356 g/mol. The van der Waals surface area contributed by atoms with E-state index in [4.69, 9.17) is 10.7 Å². The number of benzene rings is 1. The molecule has 3 aromatic rings. The van der Waals surface area contributed by atoms with Crippen molar-refractivity contribution in [3.05, 3.63) is 42.9 Å². The van der Waals surface area contributed by atoms with Gasteiger partial charge < -0.3 is 10.6 Å². The number of aromatic nitrogens is 4. The molecule has 0 unspecified atom stereocenters. The zero-order valence-electron chi connectivity index (χ0n) is 15.3. The number of hydrogen-bond donors (Lipinski definition) is 1. The molecule has 3 heterocycles. The van der Waals surface area contributed by atoms with Gasteiger partial charge in [-0.05, 0) is 43.2 Å². The fourth-order valence-corrected chi connectivity index (χ4v) is 5.51. The predicted molar refractivity (Wildman–Crippen MR) is 107 cm³/mol. The Balaban J connectivity index is 1.41. The van der Waals surface area contributed by atoms with E-state index in [9.17, 15) is 0 Å². The number of piperidine rings is 1. The molecule has 1 saturated heterocycles. The van der Waals surface area contributed by atoms with E-state index in [-0.39, 0.29) is 0 Å². The van der Waals surface area contributed by atoms with Gasteiger partial charge in [0, 0.05) is 30.2 Å². The lowest BCUT2D eigenvalue weighted by atomic mass is 9.74. The molecule has 5 rings (SSSR count). The first kappa shape index (κ1) is 17.0. The Kier molecular flexibility index (Phi) is 4.28. The van der Waals surface area contributed by atoms with Gasteiger partial charge >= 0.3 is 0 Å². The van der Waals surface area contributed by atoms with E-state index in [1.165, 1.54) is 24.2 Å². The van der Waals surface area contributed by atoms with Gasteiger partial charge in [-0.3, -0.25) is 0 Å². The van der Waals surface area contributed by atoms with Crippen LogP contribution in [0.4, 0.5) is 5.95 Å². The van der Waals surface area contributed by atoms with Crippen molar-refractivity contribution in [2.24, 2.45) is 11.1 Å². The molecule has 1 atom stereocenters. The summed E-state index contributed by atoms with van der Waals surface area (Å²) in [5.41, 5.74) is 7.65. The summed E-state index contributed by atoms with van der Waals surface area (Å²) < 4.78 is 1.89. The van der Waals surface area contributed by atoms with E-state index in [1.54, 1.807) is 18.1 Å². The monoisotopic (exact) mass is 380 g/mol. The number of anilines is 1. The molecule has 2 aliphatic rings. The van der Waals surface area contributed by atoms with Crippen LogP contribution in [0.2, 0.25) is 0 Å². The van der Waals surface area contributed by atoms with E-state index in [0.29, 0.717) is 11.5 Å². The first-order valence-electron chi connectivity index (χ1n) is 9.67. The minimum Gasteiger partial charge on any atom is -0.341 e. The quantitative estimate of drug-likeness (QED) is 0.751. The molecular formula is C20H24N6S. The van der Waals surface area contributed by atoms with E-state index in [0.717, 1.165) is 42.4 Å². The van der Waals surface area contributed by atoms with Crippen molar-refractivity contribution >= 4 is 23.4 Å². The number of hydrogen-bond acceptors (Lipinski definition) is 6. The van der Waals surface area contributed by atoms with Crippen LogP contribution in [0.25, 0.3) is 5.65 Å². The zero-order chi connectivity index (χ0) is 18.3. The SMILES string of the molecule is N[C@@H]1CCCC12CCN(c1ncc(Sc3ccccc3)c3ncnn13)CC2. The van der Waals surface area contributed by atoms with E-state index >= 15 is 0 Å². The van der Waals surface area contributed by atoms with Crippen LogP contribution in [0.5, 0.6) is 0 Å². The van der Waals surface area contributed by atoms with E-state index < -0.39 is 0 Å². The number of nitrogens with two attached hydrogens (primary N) is 1. The molecule has 6 nitrogen and oxygen atoms in total. The van der Waals surface area contributed by atoms with Crippen LogP contribution in [0.3, 0.4) is 0 Å². The highest BCUT2D eigenvalue weighted by Crippen LogP contribution is 2.46. The summed E-state index contributed by atoms with van der Waals surface area (Å²) in [7, 11) is 0. The maximum absolute atomic E-state index is 6.43. The van der Waals surface area contributed by atoms with Gasteiger partial charge in [-0.2, -0.15) is 9.61 Å². The standard InChI is InChI=1S/C20H24N6S/c21-17-7-4-8-20(17)9-11-25(12-10-20)19-22-13-16(18-23-14-24-26(18)19)27-15-5-2-1-3-6-15/h1-3,5-6,13-14,17H,4,7-12,21H2/t17-/m1/s1. The third-order valence-corrected chi connectivity index (χ3v) is 7.26. The lowest BCUT2D eigenvalue weighted by molar-refractivity contribution is 0.196. The lowest BCUT2D eigenvalue weighted by Crippen LogP contribution is -2.47. The first-order chi connectivity index (χ1) is 13.3. The molecule has 7 heteroatoms. The second-order valence-corrected chi connectivity index (χ2v) is 8.80. The van der Waals surface area contributed by atoms with Crippen molar-refractivity contribution in [2.75, 3.05) is 18.0 Å². The third-order valence-electron chi connectivity index (χ3n) is 6.24. The molecule has 1 aromatic carbocycles. The zero-order valence-corrected chi connectivity index (χ0v) is 16.1. The molecule has 1 spiro atoms. The number of nitrogens with zero attached hydrogens (tertiary/aromatic N) is 5. The highest BCUT2D eigenvalue weighted by Gasteiger charge is 2.43. The second kappa shape index (κ2) is 6.80. The Morgan fingerprint density at radius 1 is 1.07 bits per heavy atom. The Morgan fingerprint density at radius 3 is 2.63 bits per heavy atom. The van der Waals surface area contributed by atoms with Crippen LogP contribution >= 0.6 is 11.8 Å². The smallest absolute Gasteiger partial charge is 0.228 e. The Bertz CT molecular complexity index is 932. The highest BCUT2D eigenvalue weighted by atomic mass is 32.2. The second-order valence-electron chi connectivity index (χ2n) is 7.68. The molecule has 2 aromatic heterocycles. The van der Waals surface area contributed by atoms with E-state index in [2.05, 4.69) is 27.1 Å². The summed E-state index contributed by atoms with van der Waals surface area (Å²) >= 11 is 1.67. The molecule has 1 aliphatic carbocycles. The average molecular weight is 381 g/mol. The van der Waals surface area contributed by atoms with Crippen molar-refractivity contribution < 1.29 is 0 Å². The molecule has 27 heavy (non-hydrogen) atoms. The van der Waals surface area contributed by atoms with Crippen LogP contribution in [0.1, 0.15) is 32.1 Å². The van der Waals surface area contributed by atoms with Crippen LogP contribution in [0.15, 0.2) is 52.6 Å². The molecule has 1 aliphatic heterocycles. The summed E-state index contributed by atoms with van der Waals surface area (Å²) in [6.07, 6.45) is 9.58. The molecule has 0 radical (unpaired) electrons. The normalized spacial score (nSPS) is 22.0. The Morgan fingerprint density at radius 2 is 1.89 bits per heavy atom. The molecule has 2 N–H and O–H groups in total. The largest absolute Gasteiger partial charge is 0.341 e. The van der Waals surface area contributed by atoms with Gasteiger partial charge in [0.05, 0.1) is 4.90 Å². The van der Waals surface area contributed by atoms with Gasteiger partial charge in [0.25, 0.3) is 0 Å². The molecule has 0 bridgehead atoms. The maximum atomic E-state index is 6.43. The van der Waals surface area contributed by atoms with E-state index in [1.807, 2.05) is 28.9 Å². The van der Waals surface area contributed by atoms with Crippen LogP contribution in [-0.4, -0.2) is 38.7 Å². The Labute approximate surface area is 163 Å². The van der Waals surface area contributed by atoms with Crippen molar-refractivity contribution in [3.8, 4) is 0 Å². The summed E-state index contributed by atoms with van der Waals surface area (Å²) in [5.74, 6) is 0.890. The van der Waals surface area contributed by atoms with Crippen molar-refractivity contribution in [1.82, 2.24) is 19.6 Å². The maximum Gasteiger partial charge on any atom is 0.228 e. The van der Waals surface area contributed by atoms with Crippen LogP contribution in [0, 0.1) is 5.41 Å². The van der Waals surface area contributed by atoms with Crippen molar-refractivity contribution in [3.63, 3.8) is 0 Å². The summed E-state index contributed by atoms with van der Waals surface area (Å²) in [6, 6.07) is 10.7. The average Bonchev–Trinajstić information content (AvgIpc) is 3.32. The summed E-state index contributed by atoms with van der Waals surface area (Å²) in [6.45, 7) is 1.97. The topological polar surface area (TPSA) is 72.3 Å². The van der Waals surface area contributed by atoms with Crippen LogP contribution < -0.4 is 10.6 Å². The number of rotatable bonds is 3. The summed E-state index contributed by atoms with van der Waals surface area (Å²) in [4.78, 5) is 13.8. The van der Waals surface area contributed by atoms with Gasteiger partial charge in [0.2, 0.25) is 5.95 Å². The van der Waals surface area contributed by atoms with Gasteiger partial charge in [0.15, 0.2) is 5.65 Å². The first-order valence-corrected chi connectivity index (χ1v) is 10.5. The fraction of sp³-hybridized carbons (Fsp3) is 0.450. The molecule has 1 saturated carbocycles. The molecule has 0 amide bonds. The summed E-state index contributed by atoms with van der Waals surface area (Å²) in [5, 5.41) is 4.46.